The fourth-order valence-corrected chi connectivity index (χ4v) is 3.14. The van der Waals surface area contributed by atoms with E-state index in [0.717, 1.165) is 6.42 Å². The summed E-state index contributed by atoms with van der Waals surface area (Å²) < 4.78 is 9.50. The van der Waals surface area contributed by atoms with Gasteiger partial charge in [0, 0.05) is 5.41 Å². The molecule has 23 heavy (non-hydrogen) atoms. The van der Waals surface area contributed by atoms with E-state index in [1.165, 1.54) is 37.1 Å². The van der Waals surface area contributed by atoms with Gasteiger partial charge in [-0.25, -0.2) is 0 Å². The SMILES string of the molecule is C=CC.C=CC1=C(C)C2(C=C1CC)CCN(C)CC2.CC.CF. The summed E-state index contributed by atoms with van der Waals surface area (Å²) >= 11 is 0. The van der Waals surface area contributed by atoms with Crippen molar-refractivity contribution in [3.63, 3.8) is 0 Å². The van der Waals surface area contributed by atoms with Gasteiger partial charge >= 0.3 is 0 Å². The van der Waals surface area contributed by atoms with Crippen LogP contribution in [0.1, 0.15) is 53.9 Å². The van der Waals surface area contributed by atoms with Crippen LogP contribution in [-0.2, 0) is 0 Å². The van der Waals surface area contributed by atoms with Crippen molar-refractivity contribution in [2.75, 3.05) is 27.3 Å². The molecule has 1 nitrogen and oxygen atoms in total. The monoisotopic (exact) mass is 323 g/mol. The topological polar surface area (TPSA) is 3.24 Å². The molecule has 0 amide bonds. The second kappa shape index (κ2) is 13.3. The Morgan fingerprint density at radius 3 is 1.96 bits per heavy atom. The normalized spacial score (nSPS) is 18.5. The maximum atomic E-state index is 9.50. The van der Waals surface area contributed by atoms with Gasteiger partial charge in [0.05, 0.1) is 7.18 Å². The summed E-state index contributed by atoms with van der Waals surface area (Å²) in [4.78, 5) is 2.43. The summed E-state index contributed by atoms with van der Waals surface area (Å²) in [5.41, 5.74) is 4.86. The molecule has 0 atom stereocenters. The number of allylic oxidation sites excluding steroid dienone is 6. The van der Waals surface area contributed by atoms with Crippen molar-refractivity contribution in [1.29, 1.82) is 0 Å². The Morgan fingerprint density at radius 1 is 1.22 bits per heavy atom. The Hall–Kier alpha value is -1.15. The van der Waals surface area contributed by atoms with Gasteiger partial charge in [-0.3, -0.25) is 4.39 Å². The molecule has 0 aromatic heterocycles. The minimum atomic E-state index is 0.362. The lowest BCUT2D eigenvalue weighted by molar-refractivity contribution is 0.194. The summed E-state index contributed by atoms with van der Waals surface area (Å²) in [6.45, 7) is 20.2. The molecule has 1 aliphatic carbocycles. The van der Waals surface area contributed by atoms with E-state index in [1.54, 1.807) is 11.6 Å². The van der Waals surface area contributed by atoms with E-state index in [4.69, 9.17) is 0 Å². The lowest BCUT2D eigenvalue weighted by Gasteiger charge is -2.38. The van der Waals surface area contributed by atoms with Crippen LogP contribution in [0.3, 0.4) is 0 Å². The molecule has 0 bridgehead atoms. The summed E-state index contributed by atoms with van der Waals surface area (Å²) in [5, 5.41) is 0. The van der Waals surface area contributed by atoms with E-state index < -0.39 is 0 Å². The molecule has 0 saturated carbocycles. The molecule has 1 heterocycles. The molecule has 2 aliphatic rings. The molecule has 1 spiro atoms. The highest BCUT2D eigenvalue weighted by Gasteiger charge is 2.38. The smallest absolute Gasteiger partial charge is 0.0785 e. The van der Waals surface area contributed by atoms with Gasteiger partial charge in [-0.2, -0.15) is 0 Å². The molecule has 0 aromatic carbocycles. The van der Waals surface area contributed by atoms with Crippen LogP contribution in [0.15, 0.2) is 48.1 Å². The number of nitrogens with zero attached hydrogens (tertiary/aromatic N) is 1. The molecule has 134 valence electrons. The molecule has 2 heteroatoms. The Labute approximate surface area is 144 Å². The van der Waals surface area contributed by atoms with E-state index in [1.807, 2.05) is 20.8 Å². The van der Waals surface area contributed by atoms with Crippen LogP contribution in [0.2, 0.25) is 0 Å². The van der Waals surface area contributed by atoms with E-state index in [9.17, 15) is 4.39 Å². The molecule has 0 aromatic rings. The van der Waals surface area contributed by atoms with Crippen LogP contribution in [-0.4, -0.2) is 32.2 Å². The van der Waals surface area contributed by atoms with Crippen molar-refractivity contribution >= 4 is 0 Å². The minimum Gasteiger partial charge on any atom is -0.306 e. The third-order valence-electron chi connectivity index (χ3n) is 4.41. The van der Waals surface area contributed by atoms with Crippen LogP contribution >= 0.6 is 0 Å². The van der Waals surface area contributed by atoms with Crippen LogP contribution in [0.4, 0.5) is 4.39 Å². The first-order valence-corrected chi connectivity index (χ1v) is 8.74. The maximum absolute atomic E-state index is 9.50. The number of hydrogen-bond donors (Lipinski definition) is 0. The highest BCUT2D eigenvalue weighted by atomic mass is 19.1. The van der Waals surface area contributed by atoms with E-state index in [2.05, 4.69) is 51.1 Å². The van der Waals surface area contributed by atoms with E-state index in [0.29, 0.717) is 12.6 Å². The number of alkyl halides is 1. The standard InChI is InChI=1S/C15H23N.C3H6.C2H6.CH3F/c1-5-13-11-15(12(3)14(13)6-2)7-9-16(4)10-8-15;1-3-2;2*1-2/h6,11H,2,5,7-10H2,1,3-4H3;3H,1H2,2H3;1-2H3;1H3. The Kier molecular flexibility index (Phi) is 13.9. The first kappa shape index (κ1) is 24.1. The highest BCUT2D eigenvalue weighted by molar-refractivity contribution is 5.52. The van der Waals surface area contributed by atoms with Gasteiger partial charge in [0.2, 0.25) is 0 Å². The lowest BCUT2D eigenvalue weighted by Crippen LogP contribution is -2.36. The molecule has 0 unspecified atom stereocenters. The zero-order valence-electron chi connectivity index (χ0n) is 16.5. The van der Waals surface area contributed by atoms with E-state index >= 15 is 0 Å². The van der Waals surface area contributed by atoms with Gasteiger partial charge in [0.1, 0.15) is 0 Å². The fraction of sp³-hybridized carbons (Fsp3) is 0.619. The summed E-state index contributed by atoms with van der Waals surface area (Å²) in [6.07, 6.45) is 10.0. The Morgan fingerprint density at radius 2 is 1.65 bits per heavy atom. The number of rotatable bonds is 2. The third kappa shape index (κ3) is 6.47. The van der Waals surface area contributed by atoms with Crippen LogP contribution in [0.25, 0.3) is 0 Å². The van der Waals surface area contributed by atoms with Gasteiger partial charge in [-0.05, 0) is 64.4 Å². The average Bonchev–Trinajstić information content (AvgIpc) is 2.86. The third-order valence-corrected chi connectivity index (χ3v) is 4.41. The van der Waals surface area contributed by atoms with Crippen molar-refractivity contribution in [1.82, 2.24) is 4.90 Å². The zero-order chi connectivity index (χ0) is 18.5. The lowest BCUT2D eigenvalue weighted by atomic mass is 9.74. The summed E-state index contributed by atoms with van der Waals surface area (Å²) in [6, 6.07) is 0. The summed E-state index contributed by atoms with van der Waals surface area (Å²) in [5.74, 6) is 0. The minimum absolute atomic E-state index is 0.362. The summed E-state index contributed by atoms with van der Waals surface area (Å²) in [7, 11) is 2.72. The second-order valence-corrected chi connectivity index (χ2v) is 5.63. The molecule has 0 radical (unpaired) electrons. The predicted octanol–water partition coefficient (Wildman–Crippen LogP) is 6.36. The van der Waals surface area contributed by atoms with Gasteiger partial charge in [0.15, 0.2) is 0 Å². The predicted molar refractivity (Wildman–Crippen MR) is 105 cm³/mol. The quantitative estimate of drug-likeness (QED) is 0.535. The average molecular weight is 324 g/mol. The molecular formula is C21H38FN. The van der Waals surface area contributed by atoms with Crippen LogP contribution in [0, 0.1) is 5.41 Å². The van der Waals surface area contributed by atoms with Crippen molar-refractivity contribution in [2.45, 2.75) is 53.9 Å². The van der Waals surface area contributed by atoms with Gasteiger partial charge < -0.3 is 4.90 Å². The Bertz CT molecular complexity index is 396. The van der Waals surface area contributed by atoms with E-state index in [-0.39, 0.29) is 0 Å². The number of likely N-dealkylation sites (tertiary alicyclic amines) is 1. The molecular weight excluding hydrogens is 285 g/mol. The molecule has 1 saturated heterocycles. The fourth-order valence-electron chi connectivity index (χ4n) is 3.14. The second-order valence-electron chi connectivity index (χ2n) is 5.63. The first-order valence-electron chi connectivity index (χ1n) is 8.74. The molecule has 1 aliphatic heterocycles. The first-order chi connectivity index (χ1) is 11.0. The number of halogens is 1. The van der Waals surface area contributed by atoms with Crippen molar-refractivity contribution in [3.8, 4) is 0 Å². The zero-order valence-corrected chi connectivity index (χ0v) is 16.5. The molecule has 1 fully saturated rings. The largest absolute Gasteiger partial charge is 0.306 e. The maximum Gasteiger partial charge on any atom is 0.0785 e. The van der Waals surface area contributed by atoms with Crippen molar-refractivity contribution in [2.24, 2.45) is 5.41 Å². The number of piperidine rings is 1. The number of hydrogen-bond acceptors (Lipinski definition) is 1. The van der Waals surface area contributed by atoms with Gasteiger partial charge in [-0.1, -0.05) is 51.2 Å². The van der Waals surface area contributed by atoms with Gasteiger partial charge in [-0.15, -0.1) is 6.58 Å². The molecule has 2 rings (SSSR count). The van der Waals surface area contributed by atoms with Gasteiger partial charge in [0.25, 0.3) is 0 Å². The van der Waals surface area contributed by atoms with Crippen LogP contribution < -0.4 is 0 Å². The van der Waals surface area contributed by atoms with Crippen LogP contribution in [0.5, 0.6) is 0 Å². The Balaban J connectivity index is 0. The van der Waals surface area contributed by atoms with Crippen molar-refractivity contribution < 1.29 is 4.39 Å². The molecule has 0 N–H and O–H groups in total. The highest BCUT2D eigenvalue weighted by Crippen LogP contribution is 2.48. The van der Waals surface area contributed by atoms with Crippen molar-refractivity contribution in [3.05, 3.63) is 48.1 Å².